The first-order chi connectivity index (χ1) is 8.02. The van der Waals surface area contributed by atoms with Gasteiger partial charge in [0.15, 0.2) is 0 Å². The molecule has 0 aliphatic heterocycles. The third-order valence-corrected chi connectivity index (χ3v) is 3.29. The quantitative estimate of drug-likeness (QED) is 0.783. The van der Waals surface area contributed by atoms with E-state index in [1.807, 2.05) is 18.2 Å². The molecule has 0 heterocycles. The molecule has 0 bridgehead atoms. The minimum atomic E-state index is 0.344. The van der Waals surface area contributed by atoms with Crippen molar-refractivity contribution in [2.45, 2.75) is 39.5 Å². The molecular formula is C16H20O. The molecule has 0 amide bonds. The minimum absolute atomic E-state index is 0.344. The number of rotatable bonds is 2. The summed E-state index contributed by atoms with van der Waals surface area (Å²) < 4.78 is 0. The molecule has 2 rings (SSSR count). The molecule has 0 aliphatic carbocycles. The lowest BCUT2D eigenvalue weighted by Crippen LogP contribution is -1.99. The Balaban J connectivity index is 2.84. The molecule has 0 spiro atoms. The van der Waals surface area contributed by atoms with Crippen LogP contribution in [0.3, 0.4) is 0 Å². The molecule has 1 heteroatoms. The van der Waals surface area contributed by atoms with Gasteiger partial charge in [-0.3, -0.25) is 0 Å². The normalized spacial score (nSPS) is 11.6. The molecule has 1 nitrogen and oxygen atoms in total. The van der Waals surface area contributed by atoms with Gasteiger partial charge in [-0.05, 0) is 22.8 Å². The predicted octanol–water partition coefficient (Wildman–Crippen LogP) is 4.79. The van der Waals surface area contributed by atoms with Gasteiger partial charge in [-0.1, -0.05) is 58.0 Å². The van der Waals surface area contributed by atoms with E-state index in [0.717, 1.165) is 16.3 Å². The van der Waals surface area contributed by atoms with Crippen molar-refractivity contribution in [1.29, 1.82) is 0 Å². The Morgan fingerprint density at radius 1 is 0.941 bits per heavy atom. The van der Waals surface area contributed by atoms with E-state index in [0.29, 0.717) is 17.6 Å². The Bertz CT molecular complexity index is 538. The lowest BCUT2D eigenvalue weighted by Gasteiger charge is -2.19. The van der Waals surface area contributed by atoms with Crippen LogP contribution in [0.4, 0.5) is 0 Å². The fraction of sp³-hybridized carbons (Fsp3) is 0.375. The Hall–Kier alpha value is -1.50. The molecule has 90 valence electrons. The largest absolute Gasteiger partial charge is 0.507 e. The van der Waals surface area contributed by atoms with E-state index < -0.39 is 0 Å². The predicted molar refractivity (Wildman–Crippen MR) is 73.8 cm³/mol. The van der Waals surface area contributed by atoms with E-state index >= 15 is 0 Å². The third-order valence-electron chi connectivity index (χ3n) is 3.29. The minimum Gasteiger partial charge on any atom is -0.507 e. The maximum atomic E-state index is 10.4. The first-order valence-electron chi connectivity index (χ1n) is 6.27. The molecule has 1 N–H and O–H groups in total. The monoisotopic (exact) mass is 228 g/mol. The van der Waals surface area contributed by atoms with Crippen molar-refractivity contribution < 1.29 is 5.11 Å². The van der Waals surface area contributed by atoms with Crippen molar-refractivity contribution in [1.82, 2.24) is 0 Å². The molecule has 0 aromatic heterocycles. The van der Waals surface area contributed by atoms with E-state index in [1.54, 1.807) is 0 Å². The van der Waals surface area contributed by atoms with Crippen LogP contribution >= 0.6 is 0 Å². The molecule has 0 saturated carbocycles. The molecule has 0 fully saturated rings. The second-order valence-electron chi connectivity index (χ2n) is 5.26. The van der Waals surface area contributed by atoms with Crippen LogP contribution in [0, 0.1) is 0 Å². The number of benzene rings is 2. The van der Waals surface area contributed by atoms with Gasteiger partial charge in [-0.15, -0.1) is 0 Å². The summed E-state index contributed by atoms with van der Waals surface area (Å²) in [6.45, 7) is 8.62. The van der Waals surface area contributed by atoms with E-state index in [1.165, 1.54) is 5.56 Å². The van der Waals surface area contributed by atoms with E-state index in [9.17, 15) is 5.11 Å². The molecule has 2 aromatic rings. The summed E-state index contributed by atoms with van der Waals surface area (Å²) in [4.78, 5) is 0. The van der Waals surface area contributed by atoms with Crippen LogP contribution in [0.1, 0.15) is 50.7 Å². The molecule has 0 unspecified atom stereocenters. The van der Waals surface area contributed by atoms with E-state index in [2.05, 4.69) is 39.8 Å². The van der Waals surface area contributed by atoms with Crippen LogP contribution in [0.25, 0.3) is 10.8 Å². The molecule has 17 heavy (non-hydrogen) atoms. The van der Waals surface area contributed by atoms with Crippen LogP contribution in [-0.2, 0) is 0 Å². The molecule has 0 radical (unpaired) electrons. The average Bonchev–Trinajstić information content (AvgIpc) is 2.28. The highest BCUT2D eigenvalue weighted by Crippen LogP contribution is 2.39. The number of hydrogen-bond donors (Lipinski definition) is 1. The van der Waals surface area contributed by atoms with Gasteiger partial charge >= 0.3 is 0 Å². The molecule has 0 aliphatic rings. The van der Waals surface area contributed by atoms with E-state index in [-0.39, 0.29) is 0 Å². The summed E-state index contributed by atoms with van der Waals surface area (Å²) in [6.07, 6.45) is 0. The Kier molecular flexibility index (Phi) is 3.10. The summed E-state index contributed by atoms with van der Waals surface area (Å²) in [5.41, 5.74) is 2.36. The smallest absolute Gasteiger partial charge is 0.127 e. The Morgan fingerprint density at radius 2 is 1.59 bits per heavy atom. The van der Waals surface area contributed by atoms with Crippen LogP contribution in [-0.4, -0.2) is 5.11 Å². The molecular weight excluding hydrogens is 208 g/mol. The summed E-state index contributed by atoms with van der Waals surface area (Å²) in [5, 5.41) is 12.5. The Morgan fingerprint density at radius 3 is 2.18 bits per heavy atom. The zero-order valence-corrected chi connectivity index (χ0v) is 11.0. The van der Waals surface area contributed by atoms with Crippen LogP contribution in [0.2, 0.25) is 0 Å². The van der Waals surface area contributed by atoms with Crippen molar-refractivity contribution in [3.05, 3.63) is 41.5 Å². The number of fused-ring (bicyclic) bond motifs is 1. The van der Waals surface area contributed by atoms with Gasteiger partial charge in [0.2, 0.25) is 0 Å². The van der Waals surface area contributed by atoms with Gasteiger partial charge in [0, 0.05) is 10.9 Å². The second kappa shape index (κ2) is 4.40. The topological polar surface area (TPSA) is 20.2 Å². The van der Waals surface area contributed by atoms with Gasteiger partial charge in [0.1, 0.15) is 5.75 Å². The van der Waals surface area contributed by atoms with Gasteiger partial charge in [-0.2, -0.15) is 0 Å². The van der Waals surface area contributed by atoms with Crippen LogP contribution in [0.5, 0.6) is 5.75 Å². The number of aromatic hydroxyl groups is 1. The SMILES string of the molecule is CC(C)c1cc2ccccc2c(O)c1C(C)C. The highest BCUT2D eigenvalue weighted by molar-refractivity contribution is 5.90. The van der Waals surface area contributed by atoms with Crippen molar-refractivity contribution in [2.24, 2.45) is 0 Å². The van der Waals surface area contributed by atoms with Crippen molar-refractivity contribution in [2.75, 3.05) is 0 Å². The molecule has 2 aromatic carbocycles. The van der Waals surface area contributed by atoms with Gasteiger partial charge < -0.3 is 5.11 Å². The van der Waals surface area contributed by atoms with Crippen LogP contribution < -0.4 is 0 Å². The highest BCUT2D eigenvalue weighted by Gasteiger charge is 2.17. The first kappa shape index (κ1) is 12.0. The summed E-state index contributed by atoms with van der Waals surface area (Å²) in [6, 6.07) is 10.3. The lowest BCUT2D eigenvalue weighted by atomic mass is 9.87. The maximum Gasteiger partial charge on any atom is 0.127 e. The summed E-state index contributed by atoms with van der Waals surface area (Å²) in [5.74, 6) is 1.24. The number of phenolic OH excluding ortho intramolecular Hbond substituents is 1. The fourth-order valence-electron chi connectivity index (χ4n) is 2.45. The fourth-order valence-corrected chi connectivity index (χ4v) is 2.45. The summed E-state index contributed by atoms with van der Waals surface area (Å²) in [7, 11) is 0. The zero-order valence-electron chi connectivity index (χ0n) is 11.0. The van der Waals surface area contributed by atoms with Crippen LogP contribution in [0.15, 0.2) is 30.3 Å². The van der Waals surface area contributed by atoms with Gasteiger partial charge in [0.25, 0.3) is 0 Å². The van der Waals surface area contributed by atoms with Gasteiger partial charge in [-0.25, -0.2) is 0 Å². The lowest BCUT2D eigenvalue weighted by molar-refractivity contribution is 0.469. The first-order valence-corrected chi connectivity index (χ1v) is 6.27. The van der Waals surface area contributed by atoms with Crippen molar-refractivity contribution in [3.8, 4) is 5.75 Å². The van der Waals surface area contributed by atoms with E-state index in [4.69, 9.17) is 0 Å². The second-order valence-corrected chi connectivity index (χ2v) is 5.26. The van der Waals surface area contributed by atoms with Crippen molar-refractivity contribution in [3.63, 3.8) is 0 Å². The van der Waals surface area contributed by atoms with Crippen molar-refractivity contribution >= 4 is 10.8 Å². The highest BCUT2D eigenvalue weighted by atomic mass is 16.3. The third kappa shape index (κ3) is 2.02. The zero-order chi connectivity index (χ0) is 12.6. The summed E-state index contributed by atoms with van der Waals surface area (Å²) >= 11 is 0. The number of hydrogen-bond acceptors (Lipinski definition) is 1. The number of phenols is 1. The molecule has 0 atom stereocenters. The average molecular weight is 228 g/mol. The maximum absolute atomic E-state index is 10.4. The van der Waals surface area contributed by atoms with Gasteiger partial charge in [0.05, 0.1) is 0 Å². The Labute approximate surface area is 103 Å². The molecule has 0 saturated heterocycles. The standard InChI is InChI=1S/C16H20O/c1-10(2)14-9-12-7-5-6-8-13(12)16(17)15(14)11(3)4/h5-11,17H,1-4H3.